The van der Waals surface area contributed by atoms with Gasteiger partial charge in [0, 0.05) is 23.2 Å². The number of hydrogen-bond donors (Lipinski definition) is 1. The molecule has 9 heteroatoms. The van der Waals surface area contributed by atoms with E-state index in [1.165, 1.54) is 24.4 Å². The Hall–Kier alpha value is -3.85. The van der Waals surface area contributed by atoms with Crippen LogP contribution in [0.5, 0.6) is 0 Å². The average Bonchev–Trinajstić information content (AvgIpc) is 3.35. The SMILES string of the molecule is O=C1C(=O)N(c2nccs2)[C@@H](c2ccccc2[N+](=O)[O-])/C1=C(\O)c1ccccc1. The first-order valence-corrected chi connectivity index (χ1v) is 9.38. The molecule has 2 heterocycles. The first-order chi connectivity index (χ1) is 14.0. The molecule has 1 fully saturated rings. The second kappa shape index (κ2) is 7.28. The molecule has 1 aliphatic heterocycles. The number of rotatable bonds is 4. The molecule has 0 saturated carbocycles. The maximum atomic E-state index is 12.9. The molecule has 4 rings (SSSR count). The number of aliphatic hydroxyl groups is 1. The molecule has 144 valence electrons. The van der Waals surface area contributed by atoms with Crippen molar-refractivity contribution < 1.29 is 19.6 Å². The quantitative estimate of drug-likeness (QED) is 0.232. The summed E-state index contributed by atoms with van der Waals surface area (Å²) >= 11 is 1.12. The summed E-state index contributed by atoms with van der Waals surface area (Å²) in [6.07, 6.45) is 1.47. The summed E-state index contributed by atoms with van der Waals surface area (Å²) in [5.74, 6) is -2.23. The number of benzene rings is 2. The van der Waals surface area contributed by atoms with Gasteiger partial charge in [0.2, 0.25) is 0 Å². The van der Waals surface area contributed by atoms with E-state index in [4.69, 9.17) is 0 Å². The van der Waals surface area contributed by atoms with Crippen LogP contribution in [0.2, 0.25) is 0 Å². The summed E-state index contributed by atoms with van der Waals surface area (Å²) in [4.78, 5) is 42.0. The van der Waals surface area contributed by atoms with Gasteiger partial charge in [-0.25, -0.2) is 4.98 Å². The molecule has 3 aromatic rings. The zero-order chi connectivity index (χ0) is 20.5. The van der Waals surface area contributed by atoms with Gasteiger partial charge >= 0.3 is 5.91 Å². The van der Waals surface area contributed by atoms with E-state index in [2.05, 4.69) is 4.98 Å². The number of aliphatic hydroxyl groups excluding tert-OH is 1. The Kier molecular flexibility index (Phi) is 4.65. The highest BCUT2D eigenvalue weighted by Gasteiger charge is 2.49. The second-order valence-electron chi connectivity index (χ2n) is 6.17. The van der Waals surface area contributed by atoms with Crippen molar-refractivity contribution in [3.63, 3.8) is 0 Å². The van der Waals surface area contributed by atoms with E-state index < -0.39 is 28.4 Å². The number of ketones is 1. The third-order valence-electron chi connectivity index (χ3n) is 4.55. The number of carbonyl (C=O) groups excluding carboxylic acids is 2. The van der Waals surface area contributed by atoms with Crippen LogP contribution in [-0.4, -0.2) is 26.7 Å². The standard InChI is InChI=1S/C20H13N3O5S/c24-17(12-6-2-1-3-7-12)15-16(13-8-4-5-9-14(13)23(27)28)22(19(26)18(15)25)20-21-10-11-29-20/h1-11,16,24H/b17-15+/t16-/m0/s1. The normalized spacial score (nSPS) is 18.2. The smallest absolute Gasteiger partial charge is 0.301 e. The maximum Gasteiger partial charge on any atom is 0.301 e. The van der Waals surface area contributed by atoms with Gasteiger partial charge in [0.1, 0.15) is 11.8 Å². The van der Waals surface area contributed by atoms with Gasteiger partial charge in [-0.3, -0.25) is 24.6 Å². The van der Waals surface area contributed by atoms with Crippen molar-refractivity contribution in [2.24, 2.45) is 0 Å². The van der Waals surface area contributed by atoms with Gasteiger partial charge in [0.05, 0.1) is 16.1 Å². The number of amides is 1. The number of carbonyl (C=O) groups is 2. The molecule has 8 nitrogen and oxygen atoms in total. The molecule has 0 aliphatic carbocycles. The molecule has 1 amide bonds. The Morgan fingerprint density at radius 1 is 1.10 bits per heavy atom. The second-order valence-corrected chi connectivity index (χ2v) is 7.04. The van der Waals surface area contributed by atoms with E-state index >= 15 is 0 Å². The third-order valence-corrected chi connectivity index (χ3v) is 5.32. The highest BCUT2D eigenvalue weighted by Crippen LogP contribution is 2.45. The van der Waals surface area contributed by atoms with Gasteiger partial charge in [0.15, 0.2) is 5.13 Å². The van der Waals surface area contributed by atoms with Crippen LogP contribution >= 0.6 is 11.3 Å². The fourth-order valence-electron chi connectivity index (χ4n) is 3.30. The number of anilines is 1. The molecule has 0 unspecified atom stereocenters. The molecule has 29 heavy (non-hydrogen) atoms. The topological polar surface area (TPSA) is 114 Å². The molecule has 0 radical (unpaired) electrons. The Bertz CT molecular complexity index is 1140. The molecule has 1 N–H and O–H groups in total. The zero-order valence-corrected chi connectivity index (χ0v) is 15.6. The number of aromatic nitrogens is 1. The van der Waals surface area contributed by atoms with E-state index in [0.29, 0.717) is 5.56 Å². The number of thiazole rings is 1. The van der Waals surface area contributed by atoms with E-state index in [9.17, 15) is 24.8 Å². The van der Waals surface area contributed by atoms with Crippen LogP contribution in [0.15, 0.2) is 71.7 Å². The van der Waals surface area contributed by atoms with Gasteiger partial charge in [-0.05, 0) is 6.07 Å². The van der Waals surface area contributed by atoms with E-state index in [0.717, 1.165) is 16.2 Å². The molecule has 1 atom stereocenters. The summed E-state index contributed by atoms with van der Waals surface area (Å²) < 4.78 is 0. The van der Waals surface area contributed by atoms with Crippen LogP contribution in [0.4, 0.5) is 10.8 Å². The Balaban J connectivity index is 2.01. The predicted molar refractivity (Wildman–Crippen MR) is 106 cm³/mol. The number of para-hydroxylation sites is 1. The van der Waals surface area contributed by atoms with Crippen molar-refractivity contribution in [2.45, 2.75) is 6.04 Å². The molecular formula is C20H13N3O5S. The highest BCUT2D eigenvalue weighted by atomic mass is 32.1. The van der Waals surface area contributed by atoms with Crippen molar-refractivity contribution in [2.75, 3.05) is 4.90 Å². The Morgan fingerprint density at radius 3 is 2.45 bits per heavy atom. The van der Waals surface area contributed by atoms with E-state index in [1.54, 1.807) is 41.8 Å². The summed E-state index contributed by atoms with van der Waals surface area (Å²) in [5.41, 5.74) is -0.0387. The lowest BCUT2D eigenvalue weighted by Gasteiger charge is -2.22. The molecule has 1 aromatic heterocycles. The van der Waals surface area contributed by atoms with Gasteiger partial charge < -0.3 is 5.11 Å². The van der Waals surface area contributed by atoms with Crippen LogP contribution < -0.4 is 4.90 Å². The number of nitro groups is 1. The molecular weight excluding hydrogens is 394 g/mol. The van der Waals surface area contributed by atoms with Crippen LogP contribution in [-0.2, 0) is 9.59 Å². The van der Waals surface area contributed by atoms with Crippen molar-refractivity contribution in [1.82, 2.24) is 4.98 Å². The minimum atomic E-state index is -1.18. The van der Waals surface area contributed by atoms with Crippen LogP contribution in [0.25, 0.3) is 5.76 Å². The summed E-state index contributed by atoms with van der Waals surface area (Å²) in [5, 5.41) is 24.3. The average molecular weight is 407 g/mol. The molecule has 2 aromatic carbocycles. The monoisotopic (exact) mass is 407 g/mol. The minimum absolute atomic E-state index is 0.115. The lowest BCUT2D eigenvalue weighted by atomic mass is 9.94. The summed E-state index contributed by atoms with van der Waals surface area (Å²) in [6.45, 7) is 0. The van der Waals surface area contributed by atoms with Gasteiger partial charge in [-0.1, -0.05) is 42.5 Å². The Labute approximate surface area is 168 Å². The maximum absolute atomic E-state index is 12.9. The minimum Gasteiger partial charge on any atom is -0.507 e. The summed E-state index contributed by atoms with van der Waals surface area (Å²) in [7, 11) is 0. The van der Waals surface area contributed by atoms with E-state index in [-0.39, 0.29) is 22.0 Å². The number of nitro benzene ring substituents is 1. The summed E-state index contributed by atoms with van der Waals surface area (Å²) in [6, 6.07) is 12.9. The van der Waals surface area contributed by atoms with Gasteiger partial charge in [0.25, 0.3) is 11.5 Å². The zero-order valence-electron chi connectivity index (χ0n) is 14.8. The van der Waals surface area contributed by atoms with Crippen molar-refractivity contribution in [3.8, 4) is 0 Å². The first-order valence-electron chi connectivity index (χ1n) is 8.50. The third kappa shape index (κ3) is 3.07. The lowest BCUT2D eigenvalue weighted by molar-refractivity contribution is -0.385. The van der Waals surface area contributed by atoms with Crippen LogP contribution in [0.3, 0.4) is 0 Å². The fraction of sp³-hybridized carbons (Fsp3) is 0.0500. The fourth-order valence-corrected chi connectivity index (χ4v) is 3.96. The Morgan fingerprint density at radius 2 is 1.79 bits per heavy atom. The largest absolute Gasteiger partial charge is 0.507 e. The predicted octanol–water partition coefficient (Wildman–Crippen LogP) is 3.68. The number of hydrogen-bond acceptors (Lipinski definition) is 7. The van der Waals surface area contributed by atoms with Gasteiger partial charge in [-0.15, -0.1) is 11.3 Å². The molecule has 1 aliphatic rings. The molecule has 0 bridgehead atoms. The van der Waals surface area contributed by atoms with Gasteiger partial charge in [-0.2, -0.15) is 0 Å². The number of Topliss-reactive ketones (excluding diaryl/α,β-unsaturated/α-hetero) is 1. The first kappa shape index (κ1) is 18.5. The molecule has 1 saturated heterocycles. The number of nitrogens with zero attached hydrogens (tertiary/aromatic N) is 3. The highest BCUT2D eigenvalue weighted by molar-refractivity contribution is 7.14. The van der Waals surface area contributed by atoms with E-state index in [1.807, 2.05) is 0 Å². The lowest BCUT2D eigenvalue weighted by Crippen LogP contribution is -2.29. The van der Waals surface area contributed by atoms with Crippen molar-refractivity contribution in [3.05, 3.63) is 93.0 Å². The van der Waals surface area contributed by atoms with Crippen LogP contribution in [0, 0.1) is 10.1 Å². The van der Waals surface area contributed by atoms with Crippen LogP contribution in [0.1, 0.15) is 17.2 Å². The van der Waals surface area contributed by atoms with Crippen molar-refractivity contribution in [1.29, 1.82) is 0 Å². The molecule has 0 spiro atoms. The van der Waals surface area contributed by atoms with Crippen molar-refractivity contribution >= 4 is 39.6 Å².